The third-order valence-corrected chi connectivity index (χ3v) is 5.65. The van der Waals surface area contributed by atoms with Gasteiger partial charge in [0.15, 0.2) is 0 Å². The van der Waals surface area contributed by atoms with Crippen LogP contribution in [-0.2, 0) is 14.8 Å². The summed E-state index contributed by atoms with van der Waals surface area (Å²) in [5.41, 5.74) is 2.13. The maximum absolute atomic E-state index is 12.7. The number of amides is 1. The third-order valence-electron chi connectivity index (χ3n) is 4.92. The zero-order valence-electron chi connectivity index (χ0n) is 16.0. The highest BCUT2D eigenvalue weighted by molar-refractivity contribution is 7.88. The standard InChI is InChI=1S/C18H28N4O4S/c1-15-3-4-17-16(13-15)22(11-12-26-17)14-18(23)21-9-7-20(8-10-21)6-5-19-27(2,24)25/h3-4,13,19H,5-12,14H2,1-2H3. The lowest BCUT2D eigenvalue weighted by molar-refractivity contribution is -0.131. The minimum atomic E-state index is -3.15. The molecule has 8 nitrogen and oxygen atoms in total. The van der Waals surface area contributed by atoms with Crippen molar-refractivity contribution in [1.29, 1.82) is 0 Å². The summed E-state index contributed by atoms with van der Waals surface area (Å²) in [5, 5.41) is 0. The van der Waals surface area contributed by atoms with Gasteiger partial charge in [-0.05, 0) is 24.6 Å². The summed E-state index contributed by atoms with van der Waals surface area (Å²) in [4.78, 5) is 18.9. The maximum atomic E-state index is 12.7. The quantitative estimate of drug-likeness (QED) is 0.722. The molecule has 2 aliphatic rings. The van der Waals surface area contributed by atoms with E-state index in [-0.39, 0.29) is 5.91 Å². The zero-order chi connectivity index (χ0) is 19.4. The van der Waals surface area contributed by atoms with E-state index in [1.54, 1.807) is 0 Å². The molecule has 3 rings (SSSR count). The van der Waals surface area contributed by atoms with Crippen molar-refractivity contribution < 1.29 is 17.9 Å². The van der Waals surface area contributed by atoms with E-state index in [0.717, 1.165) is 36.3 Å². The third kappa shape index (κ3) is 5.57. The zero-order valence-corrected chi connectivity index (χ0v) is 16.8. The Bertz CT molecular complexity index is 776. The van der Waals surface area contributed by atoms with E-state index in [2.05, 4.69) is 20.6 Å². The molecule has 0 bridgehead atoms. The first-order valence-corrected chi connectivity index (χ1v) is 11.1. The summed E-state index contributed by atoms with van der Waals surface area (Å²) >= 11 is 0. The van der Waals surface area contributed by atoms with E-state index in [9.17, 15) is 13.2 Å². The average molecular weight is 397 g/mol. The number of aryl methyl sites for hydroxylation is 1. The first kappa shape index (κ1) is 19.9. The van der Waals surface area contributed by atoms with E-state index in [0.29, 0.717) is 45.9 Å². The van der Waals surface area contributed by atoms with Gasteiger partial charge >= 0.3 is 0 Å². The first-order chi connectivity index (χ1) is 12.8. The Morgan fingerprint density at radius 3 is 2.63 bits per heavy atom. The molecule has 27 heavy (non-hydrogen) atoms. The van der Waals surface area contributed by atoms with Crippen LogP contribution in [0.25, 0.3) is 0 Å². The molecule has 1 aromatic carbocycles. The first-order valence-electron chi connectivity index (χ1n) is 9.25. The second-order valence-corrected chi connectivity index (χ2v) is 8.96. The number of anilines is 1. The fraction of sp³-hybridized carbons (Fsp3) is 0.611. The van der Waals surface area contributed by atoms with Crippen molar-refractivity contribution in [2.45, 2.75) is 6.92 Å². The number of hydrogen-bond donors (Lipinski definition) is 1. The molecule has 150 valence electrons. The molecule has 9 heteroatoms. The number of nitrogens with zero attached hydrogens (tertiary/aromatic N) is 3. The molecule has 0 unspecified atom stereocenters. The van der Waals surface area contributed by atoms with Crippen LogP contribution in [0.3, 0.4) is 0 Å². The van der Waals surface area contributed by atoms with Crippen molar-refractivity contribution >= 4 is 21.6 Å². The minimum Gasteiger partial charge on any atom is -0.490 e. The second-order valence-electron chi connectivity index (χ2n) is 7.13. The molecular weight excluding hydrogens is 368 g/mol. The molecule has 1 N–H and O–H groups in total. The topological polar surface area (TPSA) is 82.2 Å². The monoisotopic (exact) mass is 396 g/mol. The minimum absolute atomic E-state index is 0.123. The van der Waals surface area contributed by atoms with Gasteiger partial charge in [-0.3, -0.25) is 9.69 Å². The van der Waals surface area contributed by atoms with Crippen LogP contribution in [0.1, 0.15) is 5.56 Å². The van der Waals surface area contributed by atoms with Crippen molar-refractivity contribution in [1.82, 2.24) is 14.5 Å². The van der Waals surface area contributed by atoms with Crippen LogP contribution in [0.15, 0.2) is 18.2 Å². The normalized spacial score (nSPS) is 18.1. The van der Waals surface area contributed by atoms with Gasteiger partial charge in [-0.1, -0.05) is 6.07 Å². The fourth-order valence-electron chi connectivity index (χ4n) is 3.42. The van der Waals surface area contributed by atoms with Crippen LogP contribution in [-0.4, -0.2) is 89.3 Å². The van der Waals surface area contributed by atoms with Crippen LogP contribution in [0.5, 0.6) is 5.75 Å². The van der Waals surface area contributed by atoms with Crippen molar-refractivity contribution in [3.63, 3.8) is 0 Å². The highest BCUT2D eigenvalue weighted by Crippen LogP contribution is 2.32. The van der Waals surface area contributed by atoms with Gasteiger partial charge in [0.05, 0.1) is 25.0 Å². The van der Waals surface area contributed by atoms with Gasteiger partial charge in [0.25, 0.3) is 0 Å². The molecule has 0 aliphatic carbocycles. The Balaban J connectivity index is 1.49. The highest BCUT2D eigenvalue weighted by Gasteiger charge is 2.25. The molecule has 1 aromatic rings. The lowest BCUT2D eigenvalue weighted by Crippen LogP contribution is -2.52. The van der Waals surface area contributed by atoms with Crippen molar-refractivity contribution in [3.05, 3.63) is 23.8 Å². The van der Waals surface area contributed by atoms with Gasteiger partial charge in [0.2, 0.25) is 15.9 Å². The maximum Gasteiger partial charge on any atom is 0.242 e. The molecule has 0 aromatic heterocycles. The lowest BCUT2D eigenvalue weighted by atomic mass is 10.1. The van der Waals surface area contributed by atoms with Crippen LogP contribution in [0.4, 0.5) is 5.69 Å². The molecule has 1 amide bonds. The van der Waals surface area contributed by atoms with Gasteiger partial charge in [-0.25, -0.2) is 13.1 Å². The molecule has 0 spiro atoms. The Kier molecular flexibility index (Phi) is 6.23. The van der Waals surface area contributed by atoms with Gasteiger partial charge in [-0.15, -0.1) is 0 Å². The summed E-state index contributed by atoms with van der Waals surface area (Å²) in [7, 11) is -3.15. The highest BCUT2D eigenvalue weighted by atomic mass is 32.2. The Labute approximate surface area is 161 Å². The van der Waals surface area contributed by atoms with E-state index in [4.69, 9.17) is 4.74 Å². The number of nitrogens with one attached hydrogen (secondary N) is 1. The number of carbonyl (C=O) groups is 1. The van der Waals surface area contributed by atoms with E-state index in [1.807, 2.05) is 24.0 Å². The number of fused-ring (bicyclic) bond motifs is 1. The molecule has 0 radical (unpaired) electrons. The van der Waals surface area contributed by atoms with Crippen LogP contribution in [0, 0.1) is 6.92 Å². The van der Waals surface area contributed by atoms with Gasteiger partial charge in [0, 0.05) is 39.3 Å². The molecular formula is C18H28N4O4S. The number of benzene rings is 1. The van der Waals surface area contributed by atoms with Crippen molar-refractivity contribution in [2.24, 2.45) is 0 Å². The molecule has 2 heterocycles. The molecule has 1 saturated heterocycles. The number of piperazine rings is 1. The average Bonchev–Trinajstić information content (AvgIpc) is 2.62. The predicted molar refractivity (Wildman–Crippen MR) is 105 cm³/mol. The smallest absolute Gasteiger partial charge is 0.242 e. The van der Waals surface area contributed by atoms with Crippen LogP contribution >= 0.6 is 0 Å². The number of hydrogen-bond acceptors (Lipinski definition) is 6. The summed E-state index contributed by atoms with van der Waals surface area (Å²) in [6, 6.07) is 6.04. The molecule has 0 saturated carbocycles. The van der Waals surface area contributed by atoms with Gasteiger partial charge in [-0.2, -0.15) is 0 Å². The number of sulfonamides is 1. The number of rotatable bonds is 6. The Hall–Kier alpha value is -1.84. The molecule has 2 aliphatic heterocycles. The largest absolute Gasteiger partial charge is 0.490 e. The molecule has 0 atom stereocenters. The second kappa shape index (κ2) is 8.45. The summed E-state index contributed by atoms with van der Waals surface area (Å²) in [5.74, 6) is 0.959. The predicted octanol–water partition coefficient (Wildman–Crippen LogP) is -0.113. The number of carbonyl (C=O) groups excluding carboxylic acids is 1. The van der Waals surface area contributed by atoms with Gasteiger partial charge < -0.3 is 14.5 Å². The Morgan fingerprint density at radius 1 is 1.19 bits per heavy atom. The van der Waals surface area contributed by atoms with Gasteiger partial charge in [0.1, 0.15) is 12.4 Å². The Morgan fingerprint density at radius 2 is 1.93 bits per heavy atom. The van der Waals surface area contributed by atoms with E-state index in [1.165, 1.54) is 0 Å². The summed E-state index contributed by atoms with van der Waals surface area (Å²) < 4.78 is 30.4. The lowest BCUT2D eigenvalue weighted by Gasteiger charge is -2.37. The van der Waals surface area contributed by atoms with Crippen molar-refractivity contribution in [3.8, 4) is 5.75 Å². The van der Waals surface area contributed by atoms with Crippen LogP contribution in [0.2, 0.25) is 0 Å². The SMILES string of the molecule is Cc1ccc2c(c1)N(CC(=O)N1CCN(CCNS(C)(=O)=O)CC1)CCO2. The summed E-state index contributed by atoms with van der Waals surface area (Å²) in [6.45, 7) is 7.60. The fourth-order valence-corrected chi connectivity index (χ4v) is 3.88. The van der Waals surface area contributed by atoms with Crippen LogP contribution < -0.4 is 14.4 Å². The summed E-state index contributed by atoms with van der Waals surface area (Å²) in [6.07, 6.45) is 1.16. The number of ether oxygens (including phenoxy) is 1. The molecule has 1 fully saturated rings. The van der Waals surface area contributed by atoms with E-state index < -0.39 is 10.0 Å². The van der Waals surface area contributed by atoms with Crippen molar-refractivity contribution in [2.75, 3.05) is 70.1 Å². The van der Waals surface area contributed by atoms with E-state index >= 15 is 0 Å².